The molecule has 0 radical (unpaired) electrons. The molecule has 7 heteroatoms. The highest BCUT2D eigenvalue weighted by molar-refractivity contribution is 7.89. The van der Waals surface area contributed by atoms with Gasteiger partial charge in [-0.1, -0.05) is 6.92 Å². The lowest BCUT2D eigenvalue weighted by Crippen LogP contribution is -2.43. The quantitative estimate of drug-likeness (QED) is 0.555. The van der Waals surface area contributed by atoms with Gasteiger partial charge in [0.15, 0.2) is 0 Å². The molecule has 0 aliphatic carbocycles. The van der Waals surface area contributed by atoms with Gasteiger partial charge in [0.2, 0.25) is 15.9 Å². The van der Waals surface area contributed by atoms with Crippen molar-refractivity contribution in [2.24, 2.45) is 17.0 Å². The number of carbonyl (C=O) groups excluding carboxylic acids is 1. The highest BCUT2D eigenvalue weighted by atomic mass is 32.2. The second-order valence-corrected chi connectivity index (χ2v) is 6.44. The molecule has 1 heterocycles. The second kappa shape index (κ2) is 6.32. The minimum absolute atomic E-state index is 0.00142. The zero-order valence-electron chi connectivity index (χ0n) is 10.1. The van der Waals surface area contributed by atoms with Crippen LogP contribution < -0.4 is 15.8 Å². The smallest absolute Gasteiger partial charge is 0.224 e. The number of hydrogen-bond acceptors (Lipinski definition) is 4. The molecule has 4 N–H and O–H groups in total. The minimum Gasteiger partial charge on any atom is -0.356 e. The van der Waals surface area contributed by atoms with Crippen molar-refractivity contribution in [3.63, 3.8) is 0 Å². The lowest BCUT2D eigenvalue weighted by atomic mass is 9.91. The first-order chi connectivity index (χ1) is 7.88. The molecule has 1 fully saturated rings. The molecule has 17 heavy (non-hydrogen) atoms. The van der Waals surface area contributed by atoms with E-state index in [-0.39, 0.29) is 17.6 Å². The second-order valence-electron chi connectivity index (χ2n) is 4.71. The topological polar surface area (TPSA) is 101 Å². The van der Waals surface area contributed by atoms with Crippen molar-refractivity contribution in [1.29, 1.82) is 0 Å². The maximum Gasteiger partial charge on any atom is 0.224 e. The predicted octanol–water partition coefficient (Wildman–Crippen LogP) is -0.973. The monoisotopic (exact) mass is 263 g/mol. The van der Waals surface area contributed by atoms with E-state index in [1.54, 1.807) is 0 Å². The van der Waals surface area contributed by atoms with Crippen LogP contribution in [0.2, 0.25) is 0 Å². The third-order valence-electron chi connectivity index (χ3n) is 2.85. The summed E-state index contributed by atoms with van der Waals surface area (Å²) in [5, 5.41) is 10.8. The van der Waals surface area contributed by atoms with E-state index in [0.717, 1.165) is 13.0 Å². The molecule has 1 aliphatic heterocycles. The fourth-order valence-corrected chi connectivity index (χ4v) is 2.53. The molecule has 0 aromatic carbocycles. The summed E-state index contributed by atoms with van der Waals surface area (Å²) < 4.78 is 21.4. The van der Waals surface area contributed by atoms with Gasteiger partial charge >= 0.3 is 0 Å². The maximum atomic E-state index is 11.7. The van der Waals surface area contributed by atoms with Crippen LogP contribution in [-0.2, 0) is 14.8 Å². The summed E-state index contributed by atoms with van der Waals surface area (Å²) in [6, 6.07) is 0. The van der Waals surface area contributed by atoms with Gasteiger partial charge in [-0.3, -0.25) is 4.79 Å². The van der Waals surface area contributed by atoms with Gasteiger partial charge in [0.05, 0.1) is 11.7 Å². The summed E-state index contributed by atoms with van der Waals surface area (Å²) in [6.07, 6.45) is 1.24. The minimum atomic E-state index is -3.42. The largest absolute Gasteiger partial charge is 0.356 e. The van der Waals surface area contributed by atoms with Crippen molar-refractivity contribution >= 4 is 15.9 Å². The van der Waals surface area contributed by atoms with Crippen LogP contribution in [0.15, 0.2) is 0 Å². The number of nitrogens with two attached hydrogens (primary N) is 1. The van der Waals surface area contributed by atoms with Crippen molar-refractivity contribution in [3.05, 3.63) is 0 Å². The fraction of sp³-hybridized carbons (Fsp3) is 0.900. The molecule has 6 nitrogen and oxygen atoms in total. The summed E-state index contributed by atoms with van der Waals surface area (Å²) in [7, 11) is -3.42. The van der Waals surface area contributed by atoms with Crippen molar-refractivity contribution in [3.8, 4) is 0 Å². The lowest BCUT2D eigenvalue weighted by molar-refractivity contribution is -0.125. The SMILES string of the molecule is CC1CNCC(C(=O)NCCCS(N)(=O)=O)C1. The maximum absolute atomic E-state index is 11.7. The van der Waals surface area contributed by atoms with Crippen molar-refractivity contribution in [2.75, 3.05) is 25.4 Å². The molecule has 1 rings (SSSR count). The molecule has 0 saturated carbocycles. The van der Waals surface area contributed by atoms with Gasteiger partial charge in [-0.15, -0.1) is 0 Å². The Balaban J connectivity index is 2.20. The number of carbonyl (C=O) groups is 1. The molecule has 0 bridgehead atoms. The molecule has 0 aromatic rings. The first-order valence-electron chi connectivity index (χ1n) is 5.87. The molecule has 1 saturated heterocycles. The van der Waals surface area contributed by atoms with E-state index in [9.17, 15) is 13.2 Å². The van der Waals surface area contributed by atoms with Gasteiger partial charge in [0.25, 0.3) is 0 Å². The normalized spacial score (nSPS) is 25.5. The number of hydrogen-bond donors (Lipinski definition) is 3. The Hall–Kier alpha value is -0.660. The Labute approximate surface area is 102 Å². The zero-order chi connectivity index (χ0) is 12.9. The summed E-state index contributed by atoms with van der Waals surface area (Å²) in [4.78, 5) is 11.7. The molecular weight excluding hydrogens is 242 g/mol. The van der Waals surface area contributed by atoms with Crippen molar-refractivity contribution < 1.29 is 13.2 Å². The molecule has 0 spiro atoms. The van der Waals surface area contributed by atoms with Crippen molar-refractivity contribution in [1.82, 2.24) is 10.6 Å². The Morgan fingerprint density at radius 3 is 2.76 bits per heavy atom. The van der Waals surface area contributed by atoms with Gasteiger partial charge in [-0.05, 0) is 25.3 Å². The standard InChI is InChI=1S/C10H21N3O3S/c1-8-5-9(7-12-6-8)10(14)13-3-2-4-17(11,15)16/h8-9,12H,2-7H2,1H3,(H,13,14)(H2,11,15,16). The Morgan fingerprint density at radius 2 is 2.18 bits per heavy atom. The Morgan fingerprint density at radius 1 is 1.47 bits per heavy atom. The highest BCUT2D eigenvalue weighted by Crippen LogP contribution is 2.15. The Kier molecular flexibility index (Phi) is 5.35. The van der Waals surface area contributed by atoms with E-state index in [0.29, 0.717) is 25.4 Å². The number of piperidine rings is 1. The van der Waals surface area contributed by atoms with E-state index in [4.69, 9.17) is 5.14 Å². The number of sulfonamides is 1. The average molecular weight is 263 g/mol. The van der Waals surface area contributed by atoms with Gasteiger partial charge < -0.3 is 10.6 Å². The van der Waals surface area contributed by atoms with E-state index >= 15 is 0 Å². The molecule has 0 aromatic heterocycles. The van der Waals surface area contributed by atoms with Crippen LogP contribution in [-0.4, -0.2) is 39.7 Å². The Bertz CT molecular complexity index is 356. The number of rotatable bonds is 5. The zero-order valence-corrected chi connectivity index (χ0v) is 10.9. The van der Waals surface area contributed by atoms with Crippen LogP contribution in [0.3, 0.4) is 0 Å². The van der Waals surface area contributed by atoms with E-state index in [1.165, 1.54) is 0 Å². The van der Waals surface area contributed by atoms with Crippen LogP contribution in [0.4, 0.5) is 0 Å². The van der Waals surface area contributed by atoms with Crippen molar-refractivity contribution in [2.45, 2.75) is 19.8 Å². The summed E-state index contributed by atoms with van der Waals surface area (Å²) in [6.45, 7) is 4.12. The first-order valence-corrected chi connectivity index (χ1v) is 7.59. The first kappa shape index (κ1) is 14.4. The highest BCUT2D eigenvalue weighted by Gasteiger charge is 2.24. The van der Waals surface area contributed by atoms with Crippen LogP contribution in [0.1, 0.15) is 19.8 Å². The molecule has 1 amide bonds. The van der Waals surface area contributed by atoms with Gasteiger partial charge in [-0.2, -0.15) is 0 Å². The molecule has 100 valence electrons. The van der Waals surface area contributed by atoms with Gasteiger partial charge in [0.1, 0.15) is 0 Å². The summed E-state index contributed by atoms with van der Waals surface area (Å²) >= 11 is 0. The molecule has 2 unspecified atom stereocenters. The number of nitrogens with one attached hydrogen (secondary N) is 2. The summed E-state index contributed by atoms with van der Waals surface area (Å²) in [5.41, 5.74) is 0. The molecular formula is C10H21N3O3S. The molecule has 1 aliphatic rings. The lowest BCUT2D eigenvalue weighted by Gasteiger charge is -2.26. The summed E-state index contributed by atoms with van der Waals surface area (Å²) in [5.74, 6) is 0.405. The van der Waals surface area contributed by atoms with Crippen LogP contribution in [0.25, 0.3) is 0 Å². The van der Waals surface area contributed by atoms with Gasteiger partial charge in [0, 0.05) is 13.1 Å². The van der Waals surface area contributed by atoms with E-state index in [1.807, 2.05) is 0 Å². The average Bonchev–Trinajstić information content (AvgIpc) is 2.23. The van der Waals surface area contributed by atoms with E-state index in [2.05, 4.69) is 17.6 Å². The van der Waals surface area contributed by atoms with Gasteiger partial charge in [-0.25, -0.2) is 13.6 Å². The fourth-order valence-electron chi connectivity index (χ4n) is 1.99. The van der Waals surface area contributed by atoms with Crippen LogP contribution in [0, 0.1) is 11.8 Å². The predicted molar refractivity (Wildman–Crippen MR) is 65.7 cm³/mol. The van der Waals surface area contributed by atoms with Crippen LogP contribution >= 0.6 is 0 Å². The molecule has 2 atom stereocenters. The number of amides is 1. The third kappa shape index (κ3) is 5.99. The number of primary sulfonamides is 1. The third-order valence-corrected chi connectivity index (χ3v) is 3.70. The van der Waals surface area contributed by atoms with Crippen LogP contribution in [0.5, 0.6) is 0 Å². The van der Waals surface area contributed by atoms with E-state index < -0.39 is 10.0 Å².